The van der Waals surface area contributed by atoms with Crippen molar-refractivity contribution in [1.29, 1.82) is 0 Å². The van der Waals surface area contributed by atoms with Gasteiger partial charge in [-0.05, 0) is 70.8 Å². The van der Waals surface area contributed by atoms with Gasteiger partial charge < -0.3 is 13.7 Å². The van der Waals surface area contributed by atoms with Gasteiger partial charge in [-0.3, -0.25) is 0 Å². The maximum Gasteiger partial charge on any atom is 0.227 e. The maximum absolute atomic E-state index is 6.86. The van der Waals surface area contributed by atoms with Crippen LogP contribution in [0.3, 0.4) is 0 Å². The molecule has 242 valence electrons. The lowest BCUT2D eigenvalue weighted by Gasteiger charge is -2.28. The third kappa shape index (κ3) is 4.10. The lowest BCUT2D eigenvalue weighted by atomic mass is 9.82. The van der Waals surface area contributed by atoms with Crippen molar-refractivity contribution in [3.63, 3.8) is 0 Å². The Balaban J connectivity index is 1.25. The van der Waals surface area contributed by atoms with E-state index in [9.17, 15) is 0 Å². The van der Waals surface area contributed by atoms with Crippen LogP contribution in [0.2, 0.25) is 0 Å². The van der Waals surface area contributed by atoms with Crippen molar-refractivity contribution in [2.45, 2.75) is 19.3 Å². The minimum absolute atomic E-state index is 0.167. The van der Waals surface area contributed by atoms with Crippen LogP contribution in [0, 0.1) is 0 Å². The van der Waals surface area contributed by atoms with Crippen LogP contribution < -0.4 is 4.90 Å². The number of rotatable bonds is 4. The molecule has 10 aromatic rings. The van der Waals surface area contributed by atoms with Gasteiger partial charge in [0.2, 0.25) is 5.89 Å². The van der Waals surface area contributed by atoms with Crippen molar-refractivity contribution in [1.82, 2.24) is 4.98 Å². The number of furan rings is 1. The van der Waals surface area contributed by atoms with E-state index in [0.29, 0.717) is 11.5 Å². The zero-order valence-corrected chi connectivity index (χ0v) is 28.8. The zero-order chi connectivity index (χ0) is 33.8. The van der Waals surface area contributed by atoms with E-state index in [-0.39, 0.29) is 5.41 Å². The van der Waals surface area contributed by atoms with Crippen molar-refractivity contribution in [3.05, 3.63) is 157 Å². The van der Waals surface area contributed by atoms with Crippen molar-refractivity contribution in [3.8, 4) is 22.6 Å². The molecule has 0 bridgehead atoms. The molecule has 1 aliphatic carbocycles. The summed E-state index contributed by atoms with van der Waals surface area (Å²) in [4.78, 5) is 7.44. The predicted molar refractivity (Wildman–Crippen MR) is 212 cm³/mol. The fourth-order valence-electron chi connectivity index (χ4n) is 8.26. The number of aromatic nitrogens is 1. The highest BCUT2D eigenvalue weighted by Gasteiger charge is 2.36. The number of para-hydroxylation sites is 1. The predicted octanol–water partition coefficient (Wildman–Crippen LogP) is 13.5. The molecule has 0 spiro atoms. The second-order valence-electron chi connectivity index (χ2n) is 13.9. The molecule has 5 heteroatoms. The molecule has 3 aromatic heterocycles. The van der Waals surface area contributed by atoms with Crippen LogP contribution in [0.15, 0.2) is 154 Å². The van der Waals surface area contributed by atoms with Gasteiger partial charge in [0.1, 0.15) is 22.4 Å². The Labute approximate surface area is 297 Å². The van der Waals surface area contributed by atoms with Gasteiger partial charge in [-0.1, -0.05) is 105 Å². The van der Waals surface area contributed by atoms with Gasteiger partial charge >= 0.3 is 0 Å². The molecular formula is C46H30N2O2S. The Kier molecular flexibility index (Phi) is 5.85. The molecule has 7 aromatic carbocycles. The molecule has 0 aliphatic heterocycles. The van der Waals surface area contributed by atoms with Crippen molar-refractivity contribution in [2.24, 2.45) is 0 Å². The smallest absolute Gasteiger partial charge is 0.227 e. The second kappa shape index (κ2) is 10.4. The van der Waals surface area contributed by atoms with Gasteiger partial charge in [0, 0.05) is 54.0 Å². The Bertz CT molecular complexity index is 3020. The molecule has 0 atom stereocenters. The van der Waals surface area contributed by atoms with Gasteiger partial charge in [-0.25, -0.2) is 4.98 Å². The number of hydrogen-bond donors (Lipinski definition) is 0. The number of hydrogen-bond acceptors (Lipinski definition) is 5. The fourth-order valence-corrected chi connectivity index (χ4v) is 9.40. The van der Waals surface area contributed by atoms with Crippen LogP contribution in [0.5, 0.6) is 0 Å². The molecule has 0 saturated heterocycles. The summed E-state index contributed by atoms with van der Waals surface area (Å²) >= 11 is 1.83. The molecule has 0 amide bonds. The highest BCUT2D eigenvalue weighted by atomic mass is 32.1. The topological polar surface area (TPSA) is 42.4 Å². The van der Waals surface area contributed by atoms with E-state index < -0.39 is 0 Å². The number of fused-ring (bicyclic) bond motifs is 10. The molecule has 4 nitrogen and oxygen atoms in total. The van der Waals surface area contributed by atoms with E-state index in [0.717, 1.165) is 50.1 Å². The summed E-state index contributed by atoms with van der Waals surface area (Å²) in [5.74, 6) is 0.578. The third-order valence-electron chi connectivity index (χ3n) is 10.7. The summed E-state index contributed by atoms with van der Waals surface area (Å²) in [6.07, 6.45) is 0. The Morgan fingerprint density at radius 2 is 1.27 bits per heavy atom. The average Bonchev–Trinajstić information content (AvgIpc) is 3.92. The fraction of sp³-hybridized carbons (Fsp3) is 0.0652. The minimum Gasteiger partial charge on any atom is -0.456 e. The Morgan fingerprint density at radius 1 is 0.569 bits per heavy atom. The second-order valence-corrected chi connectivity index (χ2v) is 15.0. The summed E-state index contributed by atoms with van der Waals surface area (Å²) < 4.78 is 16.0. The van der Waals surface area contributed by atoms with Gasteiger partial charge in [0.25, 0.3) is 0 Å². The summed E-state index contributed by atoms with van der Waals surface area (Å²) in [7, 11) is 0. The lowest BCUT2D eigenvalue weighted by Crippen LogP contribution is -2.16. The Hall–Kier alpha value is -6.17. The zero-order valence-electron chi connectivity index (χ0n) is 28.0. The van der Waals surface area contributed by atoms with Crippen molar-refractivity contribution >= 4 is 81.6 Å². The SMILES string of the molecule is CC1(C)c2ccccc2-c2ccc(N(c3ccc4c(c3)sc3ccccc34)c3c4oc(-c5ccccc5)nc4cc4oc5ccccc5c34)cc21. The molecule has 51 heavy (non-hydrogen) atoms. The number of anilines is 3. The van der Waals surface area contributed by atoms with E-state index in [1.165, 1.54) is 42.4 Å². The molecule has 0 unspecified atom stereocenters. The normalized spacial score (nSPS) is 13.5. The van der Waals surface area contributed by atoms with E-state index in [1.807, 2.05) is 59.9 Å². The quantitative estimate of drug-likeness (QED) is 0.186. The van der Waals surface area contributed by atoms with Crippen LogP contribution in [0.25, 0.3) is 75.8 Å². The summed E-state index contributed by atoms with van der Waals surface area (Å²) in [6.45, 7) is 4.67. The molecule has 0 radical (unpaired) electrons. The maximum atomic E-state index is 6.86. The first kappa shape index (κ1) is 28.6. The molecule has 0 N–H and O–H groups in total. The molecule has 11 rings (SSSR count). The van der Waals surface area contributed by atoms with Gasteiger partial charge in [0.15, 0.2) is 5.58 Å². The summed E-state index contributed by atoms with van der Waals surface area (Å²) in [6, 6.07) is 51.7. The monoisotopic (exact) mass is 674 g/mol. The summed E-state index contributed by atoms with van der Waals surface area (Å²) in [5.41, 5.74) is 12.1. The largest absolute Gasteiger partial charge is 0.456 e. The van der Waals surface area contributed by atoms with Gasteiger partial charge in [-0.15, -0.1) is 11.3 Å². The molecule has 1 aliphatic rings. The number of oxazole rings is 1. The number of nitrogens with zero attached hydrogens (tertiary/aromatic N) is 2. The van der Waals surface area contributed by atoms with Crippen LogP contribution >= 0.6 is 11.3 Å². The summed E-state index contributed by atoms with van der Waals surface area (Å²) in [5, 5.41) is 4.56. The standard InChI is InChI=1S/C46H30N2O2S/c1-46(2)35-17-9-6-14-30(35)31-22-20-28(24-36(31)46)48(29-21-23-33-32-15-8-11-19-40(32)51-41(33)25-29)43-42-34-16-7-10-18-38(34)49-39(42)26-37-44(43)50-45(47-37)27-12-4-3-5-13-27/h3-26H,1-2H3. The first-order chi connectivity index (χ1) is 25.0. The van der Waals surface area contributed by atoms with E-state index >= 15 is 0 Å². The number of benzene rings is 7. The van der Waals surface area contributed by atoms with Crippen LogP contribution in [-0.2, 0) is 5.41 Å². The van der Waals surface area contributed by atoms with E-state index in [4.69, 9.17) is 13.8 Å². The van der Waals surface area contributed by atoms with Crippen molar-refractivity contribution < 1.29 is 8.83 Å². The highest BCUT2D eigenvalue weighted by molar-refractivity contribution is 7.25. The van der Waals surface area contributed by atoms with Gasteiger partial charge in [-0.2, -0.15) is 0 Å². The first-order valence-electron chi connectivity index (χ1n) is 17.3. The molecule has 0 fully saturated rings. The van der Waals surface area contributed by atoms with Crippen LogP contribution in [-0.4, -0.2) is 4.98 Å². The minimum atomic E-state index is -0.167. The van der Waals surface area contributed by atoms with Crippen LogP contribution in [0.1, 0.15) is 25.0 Å². The van der Waals surface area contributed by atoms with Crippen molar-refractivity contribution in [2.75, 3.05) is 4.90 Å². The third-order valence-corrected chi connectivity index (χ3v) is 11.8. The molecule has 3 heterocycles. The van der Waals surface area contributed by atoms with Crippen LogP contribution in [0.4, 0.5) is 17.1 Å². The average molecular weight is 675 g/mol. The Morgan fingerprint density at radius 3 is 2.18 bits per heavy atom. The molecule has 0 saturated carbocycles. The lowest BCUT2D eigenvalue weighted by molar-refractivity contribution is 0.620. The highest BCUT2D eigenvalue weighted by Crippen LogP contribution is 2.53. The van der Waals surface area contributed by atoms with Gasteiger partial charge in [0.05, 0.1) is 5.39 Å². The molecular weight excluding hydrogens is 645 g/mol. The van der Waals surface area contributed by atoms with E-state index in [1.54, 1.807) is 0 Å². The number of thiophene rings is 1. The van der Waals surface area contributed by atoms with E-state index in [2.05, 4.69) is 116 Å². The first-order valence-corrected chi connectivity index (χ1v) is 18.1.